The van der Waals surface area contributed by atoms with Gasteiger partial charge in [-0.15, -0.1) is 6.58 Å². The summed E-state index contributed by atoms with van der Waals surface area (Å²) in [7, 11) is 1.16. The molecule has 0 aliphatic rings. The number of rotatable bonds is 37. The Hall–Kier alpha value is -1.51. The monoisotopic (exact) mass is 730 g/mol. The molecule has 0 fully saturated rings. The minimum absolute atomic E-state index is 0.0319. The first-order valence-electron chi connectivity index (χ1n) is 20.0. The molecule has 0 aromatic carbocycles. The molecule has 2 atom stereocenters. The van der Waals surface area contributed by atoms with Crippen molar-refractivity contribution in [2.24, 2.45) is 0 Å². The van der Waals surface area contributed by atoms with Crippen molar-refractivity contribution < 1.29 is 42.1 Å². The van der Waals surface area contributed by atoms with Crippen molar-refractivity contribution in [2.75, 3.05) is 47.5 Å². The lowest BCUT2D eigenvalue weighted by molar-refractivity contribution is -0.870. The summed E-state index contributed by atoms with van der Waals surface area (Å²) in [5.41, 5.74) is 0. The van der Waals surface area contributed by atoms with Crippen LogP contribution >= 0.6 is 7.82 Å². The highest BCUT2D eigenvalue weighted by Gasteiger charge is 2.21. The second-order valence-electron chi connectivity index (χ2n) is 14.7. The number of carbonyl (C=O) groups excluding carboxylic acids is 2. The second-order valence-corrected chi connectivity index (χ2v) is 16.1. The van der Waals surface area contributed by atoms with E-state index in [1.54, 1.807) is 0 Å². The van der Waals surface area contributed by atoms with Crippen LogP contribution in [0, 0.1) is 0 Å². The lowest BCUT2D eigenvalue weighted by atomic mass is 10.0. The van der Waals surface area contributed by atoms with Crippen LogP contribution in [0.5, 0.6) is 0 Å². The number of carbonyl (C=O) groups is 2. The first kappa shape index (κ1) is 48.5. The van der Waals surface area contributed by atoms with Crippen LogP contribution in [0.1, 0.15) is 167 Å². The Morgan fingerprint density at radius 2 is 1.12 bits per heavy atom. The van der Waals surface area contributed by atoms with Crippen LogP contribution in [0.2, 0.25) is 0 Å². The predicted molar refractivity (Wildman–Crippen MR) is 204 cm³/mol. The summed E-state index contributed by atoms with van der Waals surface area (Å²) >= 11 is 0. The SMILES string of the molecule is C=CCCCCCCCCCCCCCCCC(=O)OC[C@H](COP(=O)([O-])OCC[N+](C)(C)C)OC(=O)CCCCCCC/C=C/CCCC. The van der Waals surface area contributed by atoms with E-state index in [0.717, 1.165) is 64.2 Å². The quantitative estimate of drug-likeness (QED) is 0.0204. The van der Waals surface area contributed by atoms with Crippen LogP contribution in [-0.2, 0) is 32.7 Å². The molecule has 0 aromatic rings. The van der Waals surface area contributed by atoms with Crippen molar-refractivity contribution in [1.29, 1.82) is 0 Å². The minimum Gasteiger partial charge on any atom is -0.756 e. The molecule has 0 aliphatic heterocycles. The molecule has 0 spiro atoms. The van der Waals surface area contributed by atoms with Crippen molar-refractivity contribution in [3.05, 3.63) is 24.8 Å². The lowest BCUT2D eigenvalue weighted by Crippen LogP contribution is -2.37. The van der Waals surface area contributed by atoms with Gasteiger partial charge < -0.3 is 27.9 Å². The number of phosphoric ester groups is 1. The first-order chi connectivity index (χ1) is 24.0. The van der Waals surface area contributed by atoms with E-state index in [9.17, 15) is 19.0 Å². The van der Waals surface area contributed by atoms with Gasteiger partial charge in [-0.1, -0.05) is 128 Å². The van der Waals surface area contributed by atoms with E-state index in [2.05, 4.69) is 25.7 Å². The maximum Gasteiger partial charge on any atom is 0.306 e. The molecule has 50 heavy (non-hydrogen) atoms. The van der Waals surface area contributed by atoms with Crippen LogP contribution in [0.15, 0.2) is 24.8 Å². The highest BCUT2D eigenvalue weighted by Crippen LogP contribution is 2.38. The zero-order valence-electron chi connectivity index (χ0n) is 32.7. The van der Waals surface area contributed by atoms with Crippen LogP contribution in [0.25, 0.3) is 0 Å². The van der Waals surface area contributed by atoms with Gasteiger partial charge in [-0.3, -0.25) is 14.2 Å². The Labute approximate surface area is 307 Å². The van der Waals surface area contributed by atoms with E-state index in [4.69, 9.17) is 18.5 Å². The number of ether oxygens (including phenoxy) is 2. The normalized spacial score (nSPS) is 13.7. The smallest absolute Gasteiger partial charge is 0.306 e. The predicted octanol–water partition coefficient (Wildman–Crippen LogP) is 10.2. The molecule has 0 saturated heterocycles. The fraction of sp³-hybridized carbons (Fsp3) is 0.850. The van der Waals surface area contributed by atoms with Gasteiger partial charge in [0.1, 0.15) is 19.8 Å². The van der Waals surface area contributed by atoms with Gasteiger partial charge in [0.25, 0.3) is 7.82 Å². The number of likely N-dealkylation sites (N-methyl/N-ethyl adjacent to an activating group) is 1. The highest BCUT2D eigenvalue weighted by atomic mass is 31.2. The third kappa shape index (κ3) is 36.3. The Morgan fingerprint density at radius 3 is 1.62 bits per heavy atom. The van der Waals surface area contributed by atoms with Gasteiger partial charge in [0.15, 0.2) is 6.10 Å². The Bertz CT molecular complexity index is 904. The summed E-state index contributed by atoms with van der Waals surface area (Å²) in [6.45, 7) is 5.68. The van der Waals surface area contributed by atoms with Gasteiger partial charge in [-0.25, -0.2) is 0 Å². The first-order valence-corrected chi connectivity index (χ1v) is 21.5. The molecule has 0 rings (SSSR count). The summed E-state index contributed by atoms with van der Waals surface area (Å²) in [6.07, 6.45) is 32.4. The van der Waals surface area contributed by atoms with Crippen LogP contribution in [0.4, 0.5) is 0 Å². The number of hydrogen-bond donors (Lipinski definition) is 0. The van der Waals surface area contributed by atoms with Gasteiger partial charge in [0.05, 0.1) is 27.7 Å². The Morgan fingerprint density at radius 1 is 0.660 bits per heavy atom. The molecule has 0 radical (unpaired) electrons. The number of unbranched alkanes of at least 4 members (excludes halogenated alkanes) is 20. The zero-order chi connectivity index (χ0) is 37.2. The van der Waals surface area contributed by atoms with Gasteiger partial charge in [0, 0.05) is 12.8 Å². The number of quaternary nitrogens is 1. The van der Waals surface area contributed by atoms with Crippen molar-refractivity contribution >= 4 is 19.8 Å². The van der Waals surface area contributed by atoms with Gasteiger partial charge in [0.2, 0.25) is 0 Å². The molecule has 0 amide bonds. The molecule has 10 heteroatoms. The number of allylic oxidation sites excluding steroid dienone is 3. The number of nitrogens with zero attached hydrogens (tertiary/aromatic N) is 1. The fourth-order valence-corrected chi connectivity index (χ4v) is 6.11. The van der Waals surface area contributed by atoms with Crippen molar-refractivity contribution in [3.63, 3.8) is 0 Å². The molecule has 0 saturated carbocycles. The maximum atomic E-state index is 12.6. The third-order valence-electron chi connectivity index (χ3n) is 8.59. The molecular weight excluding hydrogens is 653 g/mol. The summed E-state index contributed by atoms with van der Waals surface area (Å²) in [6, 6.07) is 0. The summed E-state index contributed by atoms with van der Waals surface area (Å²) in [5.74, 6) is -0.848. The molecular formula is C40H76NO8P. The number of hydrogen-bond acceptors (Lipinski definition) is 8. The van der Waals surface area contributed by atoms with E-state index in [-0.39, 0.29) is 32.0 Å². The molecule has 0 aliphatic carbocycles. The van der Waals surface area contributed by atoms with Gasteiger partial charge in [-0.2, -0.15) is 0 Å². The van der Waals surface area contributed by atoms with Gasteiger partial charge in [-0.05, 0) is 44.9 Å². The van der Waals surface area contributed by atoms with Crippen LogP contribution in [-0.4, -0.2) is 70.0 Å². The van der Waals surface area contributed by atoms with E-state index < -0.39 is 26.5 Å². The van der Waals surface area contributed by atoms with E-state index in [1.165, 1.54) is 77.0 Å². The second kappa shape index (κ2) is 33.3. The largest absolute Gasteiger partial charge is 0.756 e. The van der Waals surface area contributed by atoms with Crippen LogP contribution in [0.3, 0.4) is 0 Å². The highest BCUT2D eigenvalue weighted by molar-refractivity contribution is 7.45. The standard InChI is InChI=1S/C40H76NO8P/c1-6-8-10-12-14-16-18-19-20-21-23-24-26-28-30-32-39(42)46-36-38(37-48-50(44,45)47-35-34-41(3,4)5)49-40(43)33-31-29-27-25-22-17-15-13-11-9-7-2/h6,13,15,38H,1,7-12,14,16-37H2,2-5H3/b15-13+/t38-/m1/s1. The van der Waals surface area contributed by atoms with Crippen LogP contribution < -0.4 is 4.89 Å². The van der Waals surface area contributed by atoms with Crippen molar-refractivity contribution in [1.82, 2.24) is 0 Å². The number of esters is 2. The fourth-order valence-electron chi connectivity index (χ4n) is 5.38. The molecule has 0 N–H and O–H groups in total. The molecule has 294 valence electrons. The molecule has 0 aromatic heterocycles. The molecule has 1 unspecified atom stereocenters. The molecule has 0 heterocycles. The van der Waals surface area contributed by atoms with Crippen molar-refractivity contribution in [2.45, 2.75) is 174 Å². The maximum absolute atomic E-state index is 12.6. The topological polar surface area (TPSA) is 111 Å². The van der Waals surface area contributed by atoms with E-state index in [0.29, 0.717) is 17.4 Å². The van der Waals surface area contributed by atoms with Crippen molar-refractivity contribution in [3.8, 4) is 0 Å². The summed E-state index contributed by atoms with van der Waals surface area (Å²) in [5, 5.41) is 0. The minimum atomic E-state index is -4.62. The average molecular weight is 730 g/mol. The molecule has 0 bridgehead atoms. The Kier molecular flexibility index (Phi) is 32.3. The summed E-state index contributed by atoms with van der Waals surface area (Å²) in [4.78, 5) is 37.3. The average Bonchev–Trinajstić information content (AvgIpc) is 3.06. The summed E-state index contributed by atoms with van der Waals surface area (Å²) < 4.78 is 33.8. The Balaban J connectivity index is 4.37. The third-order valence-corrected chi connectivity index (χ3v) is 9.55. The van der Waals surface area contributed by atoms with Gasteiger partial charge >= 0.3 is 11.9 Å². The van der Waals surface area contributed by atoms with E-state index in [1.807, 2.05) is 27.2 Å². The van der Waals surface area contributed by atoms with E-state index >= 15 is 0 Å². The molecule has 9 nitrogen and oxygen atoms in total. The number of phosphoric acid groups is 1. The lowest BCUT2D eigenvalue weighted by Gasteiger charge is -2.28. The zero-order valence-corrected chi connectivity index (χ0v) is 33.6.